The number of benzene rings is 2. The van der Waals surface area contributed by atoms with E-state index in [0.29, 0.717) is 11.3 Å². The van der Waals surface area contributed by atoms with Crippen molar-refractivity contribution in [2.75, 3.05) is 11.4 Å². The minimum Gasteiger partial charge on any atom is -0.389 e. The minimum atomic E-state index is -0.644. The number of nitrogens with zero attached hydrogens (tertiary/aromatic N) is 1. The first-order chi connectivity index (χ1) is 9.16. The molecule has 1 unspecified atom stereocenters. The van der Waals surface area contributed by atoms with Crippen LogP contribution in [0.5, 0.6) is 0 Å². The Bertz CT molecular complexity index is 609. The molecule has 0 aliphatic carbocycles. The number of rotatable bonds is 2. The summed E-state index contributed by atoms with van der Waals surface area (Å²) >= 11 is 0. The van der Waals surface area contributed by atoms with Crippen LogP contribution in [0.4, 0.5) is 15.8 Å². The molecule has 0 spiro atoms. The van der Waals surface area contributed by atoms with E-state index >= 15 is 0 Å². The van der Waals surface area contributed by atoms with Crippen molar-refractivity contribution in [1.29, 1.82) is 0 Å². The summed E-state index contributed by atoms with van der Waals surface area (Å²) in [5.74, 6) is -0.282. The molecule has 2 aromatic carbocycles. The standard InChI is InChI=1S/C16H16FNO/c1-11(19)13-6-7-16(14(17)10-13)18-9-8-12-4-2-3-5-15(12)18/h2-7,10-11,19H,8-9H2,1H3. The Morgan fingerprint density at radius 1 is 1.16 bits per heavy atom. The van der Waals surface area contributed by atoms with E-state index in [0.717, 1.165) is 18.7 Å². The number of aliphatic hydroxyl groups is 1. The lowest BCUT2D eigenvalue weighted by Crippen LogP contribution is -2.15. The van der Waals surface area contributed by atoms with E-state index in [1.807, 2.05) is 23.1 Å². The predicted molar refractivity (Wildman–Crippen MR) is 74.2 cm³/mol. The third kappa shape index (κ3) is 2.10. The summed E-state index contributed by atoms with van der Waals surface area (Å²) in [6.45, 7) is 2.43. The maximum atomic E-state index is 14.2. The van der Waals surface area contributed by atoms with Gasteiger partial charge in [0.1, 0.15) is 5.82 Å². The van der Waals surface area contributed by atoms with Crippen molar-refractivity contribution in [2.45, 2.75) is 19.4 Å². The number of anilines is 2. The van der Waals surface area contributed by atoms with Gasteiger partial charge in [0.05, 0.1) is 11.8 Å². The third-order valence-electron chi connectivity index (χ3n) is 3.63. The van der Waals surface area contributed by atoms with Crippen LogP contribution < -0.4 is 4.90 Å². The zero-order chi connectivity index (χ0) is 13.4. The largest absolute Gasteiger partial charge is 0.389 e. The van der Waals surface area contributed by atoms with E-state index in [1.165, 1.54) is 11.6 Å². The fourth-order valence-electron chi connectivity index (χ4n) is 2.59. The summed E-state index contributed by atoms with van der Waals surface area (Å²) in [6.07, 6.45) is 0.294. The lowest BCUT2D eigenvalue weighted by Gasteiger charge is -2.21. The normalized spacial score (nSPS) is 15.4. The van der Waals surface area contributed by atoms with Gasteiger partial charge in [-0.05, 0) is 42.7 Å². The lowest BCUT2D eigenvalue weighted by molar-refractivity contribution is 0.199. The van der Waals surface area contributed by atoms with Gasteiger partial charge in [-0.1, -0.05) is 24.3 Å². The molecule has 0 saturated carbocycles. The SMILES string of the molecule is CC(O)c1ccc(N2CCc3ccccc32)c(F)c1. The summed E-state index contributed by atoms with van der Waals surface area (Å²) in [7, 11) is 0. The second-order valence-corrected chi connectivity index (χ2v) is 4.92. The Morgan fingerprint density at radius 2 is 1.95 bits per heavy atom. The topological polar surface area (TPSA) is 23.5 Å². The Labute approximate surface area is 112 Å². The number of halogens is 1. The van der Waals surface area contributed by atoms with Crippen molar-refractivity contribution in [3.63, 3.8) is 0 Å². The van der Waals surface area contributed by atoms with Crippen LogP contribution in [-0.4, -0.2) is 11.7 Å². The number of fused-ring (bicyclic) bond motifs is 1. The van der Waals surface area contributed by atoms with E-state index in [2.05, 4.69) is 6.07 Å². The van der Waals surface area contributed by atoms with Gasteiger partial charge in [0.25, 0.3) is 0 Å². The first-order valence-electron chi connectivity index (χ1n) is 6.50. The van der Waals surface area contributed by atoms with Crippen molar-refractivity contribution >= 4 is 11.4 Å². The van der Waals surface area contributed by atoms with E-state index in [1.54, 1.807) is 19.1 Å². The van der Waals surface area contributed by atoms with Crippen LogP contribution >= 0.6 is 0 Å². The number of hydrogen-bond donors (Lipinski definition) is 1. The minimum absolute atomic E-state index is 0.282. The predicted octanol–water partition coefficient (Wildman–Crippen LogP) is 3.57. The molecule has 0 fully saturated rings. The number of hydrogen-bond acceptors (Lipinski definition) is 2. The summed E-state index contributed by atoms with van der Waals surface area (Å²) in [4.78, 5) is 2.00. The van der Waals surface area contributed by atoms with Gasteiger partial charge < -0.3 is 10.0 Å². The molecule has 3 heteroatoms. The molecule has 1 atom stereocenters. The van der Waals surface area contributed by atoms with Crippen LogP contribution in [0.3, 0.4) is 0 Å². The quantitative estimate of drug-likeness (QED) is 0.889. The Kier molecular flexibility index (Phi) is 2.99. The van der Waals surface area contributed by atoms with Gasteiger partial charge >= 0.3 is 0 Å². The Balaban J connectivity index is 2.00. The van der Waals surface area contributed by atoms with Crippen molar-refractivity contribution in [3.05, 3.63) is 59.4 Å². The van der Waals surface area contributed by atoms with Crippen molar-refractivity contribution in [3.8, 4) is 0 Å². The second-order valence-electron chi connectivity index (χ2n) is 4.92. The average molecular weight is 257 g/mol. The molecule has 1 aliphatic rings. The second kappa shape index (κ2) is 4.67. The Hall–Kier alpha value is -1.87. The van der Waals surface area contributed by atoms with Gasteiger partial charge in [0.15, 0.2) is 0 Å². The molecule has 2 aromatic rings. The highest BCUT2D eigenvalue weighted by Gasteiger charge is 2.22. The monoisotopic (exact) mass is 257 g/mol. The van der Waals surface area contributed by atoms with Crippen LogP contribution in [0.25, 0.3) is 0 Å². The zero-order valence-corrected chi connectivity index (χ0v) is 10.8. The van der Waals surface area contributed by atoms with Gasteiger partial charge in [-0.2, -0.15) is 0 Å². The van der Waals surface area contributed by atoms with Crippen LogP contribution in [-0.2, 0) is 6.42 Å². The molecular weight excluding hydrogens is 241 g/mol. The van der Waals surface area contributed by atoms with Gasteiger partial charge in [-0.15, -0.1) is 0 Å². The molecule has 0 amide bonds. The first kappa shape index (κ1) is 12.2. The first-order valence-corrected chi connectivity index (χ1v) is 6.50. The molecule has 1 aliphatic heterocycles. The molecule has 2 nitrogen and oxygen atoms in total. The molecule has 0 radical (unpaired) electrons. The van der Waals surface area contributed by atoms with Gasteiger partial charge in [-0.25, -0.2) is 4.39 Å². The fourth-order valence-corrected chi connectivity index (χ4v) is 2.59. The number of para-hydroxylation sites is 1. The zero-order valence-electron chi connectivity index (χ0n) is 10.8. The smallest absolute Gasteiger partial charge is 0.147 e. The van der Waals surface area contributed by atoms with Crippen LogP contribution in [0.15, 0.2) is 42.5 Å². The van der Waals surface area contributed by atoms with Gasteiger partial charge in [-0.3, -0.25) is 0 Å². The van der Waals surface area contributed by atoms with Crippen LogP contribution in [0.1, 0.15) is 24.2 Å². The van der Waals surface area contributed by atoms with Crippen molar-refractivity contribution < 1.29 is 9.50 Å². The molecule has 98 valence electrons. The summed E-state index contributed by atoms with van der Waals surface area (Å²) < 4.78 is 14.2. The maximum absolute atomic E-state index is 14.2. The van der Waals surface area contributed by atoms with E-state index in [-0.39, 0.29) is 5.82 Å². The molecule has 19 heavy (non-hydrogen) atoms. The highest BCUT2D eigenvalue weighted by atomic mass is 19.1. The molecule has 0 saturated heterocycles. The third-order valence-corrected chi connectivity index (χ3v) is 3.63. The summed E-state index contributed by atoms with van der Waals surface area (Å²) in [5, 5.41) is 9.48. The van der Waals surface area contributed by atoms with Crippen molar-refractivity contribution in [1.82, 2.24) is 0 Å². The molecule has 0 bridgehead atoms. The van der Waals surface area contributed by atoms with Crippen molar-refractivity contribution in [2.24, 2.45) is 0 Å². The molecule has 0 aromatic heterocycles. The Morgan fingerprint density at radius 3 is 2.68 bits per heavy atom. The van der Waals surface area contributed by atoms with E-state index < -0.39 is 6.10 Å². The lowest BCUT2D eigenvalue weighted by atomic mass is 10.1. The molecule has 3 rings (SSSR count). The molecule has 1 N–H and O–H groups in total. The average Bonchev–Trinajstić information content (AvgIpc) is 2.82. The summed E-state index contributed by atoms with van der Waals surface area (Å²) in [6, 6.07) is 13.0. The highest BCUT2D eigenvalue weighted by Crippen LogP contribution is 2.36. The van der Waals surface area contributed by atoms with E-state index in [4.69, 9.17) is 0 Å². The number of aliphatic hydroxyl groups excluding tert-OH is 1. The van der Waals surface area contributed by atoms with Crippen LogP contribution in [0, 0.1) is 5.82 Å². The molecule has 1 heterocycles. The highest BCUT2D eigenvalue weighted by molar-refractivity contribution is 5.70. The summed E-state index contributed by atoms with van der Waals surface area (Å²) in [5.41, 5.74) is 3.51. The van der Waals surface area contributed by atoms with Gasteiger partial charge in [0, 0.05) is 12.2 Å². The maximum Gasteiger partial charge on any atom is 0.147 e. The molecular formula is C16H16FNO. The van der Waals surface area contributed by atoms with Crippen LogP contribution in [0.2, 0.25) is 0 Å². The fraction of sp³-hybridized carbons (Fsp3) is 0.250. The van der Waals surface area contributed by atoms with Gasteiger partial charge in [0.2, 0.25) is 0 Å². The van der Waals surface area contributed by atoms with E-state index in [9.17, 15) is 9.50 Å².